The Bertz CT molecular complexity index is 442. The number of hydrogen-bond acceptors (Lipinski definition) is 2. The molecular weight excluding hydrogens is 304 g/mol. The predicted octanol–water partition coefficient (Wildman–Crippen LogP) is 2.50. The lowest BCUT2D eigenvalue weighted by Crippen LogP contribution is -2.54. The van der Waals surface area contributed by atoms with Crippen LogP contribution in [0, 0.1) is 5.41 Å². The van der Waals surface area contributed by atoms with Crippen LogP contribution >= 0.6 is 15.9 Å². The zero-order chi connectivity index (χ0) is 13.9. The van der Waals surface area contributed by atoms with E-state index in [0.717, 1.165) is 29.5 Å². The van der Waals surface area contributed by atoms with Crippen LogP contribution < -0.4 is 10.6 Å². The molecule has 1 unspecified atom stereocenters. The number of benzene rings is 1. The molecule has 2 N–H and O–H groups in total. The van der Waals surface area contributed by atoms with Gasteiger partial charge in [0.2, 0.25) is 5.91 Å². The van der Waals surface area contributed by atoms with Gasteiger partial charge in [0, 0.05) is 17.1 Å². The Kier molecular flexibility index (Phi) is 4.63. The normalized spacial score (nSPS) is 21.9. The quantitative estimate of drug-likeness (QED) is 0.896. The zero-order valence-electron chi connectivity index (χ0n) is 11.5. The summed E-state index contributed by atoms with van der Waals surface area (Å²) in [4.78, 5) is 12.1. The molecule has 2 rings (SSSR count). The maximum atomic E-state index is 12.1. The average molecular weight is 325 g/mol. The van der Waals surface area contributed by atoms with Crippen molar-refractivity contribution in [1.29, 1.82) is 0 Å². The fourth-order valence-electron chi connectivity index (χ4n) is 2.47. The van der Waals surface area contributed by atoms with E-state index < -0.39 is 0 Å². The summed E-state index contributed by atoms with van der Waals surface area (Å²) in [6.45, 7) is 6.33. The Balaban J connectivity index is 1.92. The summed E-state index contributed by atoms with van der Waals surface area (Å²) in [7, 11) is 0. The van der Waals surface area contributed by atoms with Crippen LogP contribution in [0.2, 0.25) is 0 Å². The Hall–Kier alpha value is -0.870. The molecule has 4 heteroatoms. The first kappa shape index (κ1) is 14.5. The Morgan fingerprint density at radius 3 is 2.74 bits per heavy atom. The number of carbonyl (C=O) groups is 1. The first-order valence-corrected chi connectivity index (χ1v) is 7.51. The third-order valence-corrected chi connectivity index (χ3v) is 4.28. The summed E-state index contributed by atoms with van der Waals surface area (Å²) >= 11 is 3.40. The maximum absolute atomic E-state index is 12.1. The van der Waals surface area contributed by atoms with Crippen molar-refractivity contribution in [3.8, 4) is 0 Å². The Morgan fingerprint density at radius 1 is 1.42 bits per heavy atom. The molecule has 19 heavy (non-hydrogen) atoms. The third kappa shape index (κ3) is 4.05. The minimum atomic E-state index is 0.113. The third-order valence-electron chi connectivity index (χ3n) is 3.75. The number of amides is 1. The number of hydrogen-bond donors (Lipinski definition) is 2. The van der Waals surface area contributed by atoms with Gasteiger partial charge in [-0.2, -0.15) is 0 Å². The lowest BCUT2D eigenvalue weighted by atomic mass is 9.80. The van der Waals surface area contributed by atoms with E-state index in [9.17, 15) is 4.79 Å². The molecule has 0 aliphatic carbocycles. The lowest BCUT2D eigenvalue weighted by Gasteiger charge is -2.39. The first-order chi connectivity index (χ1) is 8.97. The van der Waals surface area contributed by atoms with Gasteiger partial charge in [0.1, 0.15) is 0 Å². The molecule has 1 aromatic rings. The van der Waals surface area contributed by atoms with Gasteiger partial charge in [-0.1, -0.05) is 41.9 Å². The van der Waals surface area contributed by atoms with Crippen LogP contribution in [0.15, 0.2) is 28.7 Å². The zero-order valence-corrected chi connectivity index (χ0v) is 13.1. The summed E-state index contributed by atoms with van der Waals surface area (Å²) < 4.78 is 1.04. The molecule has 1 aliphatic rings. The molecule has 1 heterocycles. The molecule has 1 saturated heterocycles. The van der Waals surface area contributed by atoms with E-state index in [1.807, 2.05) is 24.3 Å². The maximum Gasteiger partial charge on any atom is 0.224 e. The van der Waals surface area contributed by atoms with Crippen molar-refractivity contribution in [2.24, 2.45) is 5.41 Å². The van der Waals surface area contributed by atoms with E-state index in [1.165, 1.54) is 0 Å². The van der Waals surface area contributed by atoms with Crippen LogP contribution in [0.4, 0.5) is 0 Å². The van der Waals surface area contributed by atoms with Crippen LogP contribution in [-0.2, 0) is 11.2 Å². The fourth-order valence-corrected chi connectivity index (χ4v) is 2.74. The summed E-state index contributed by atoms with van der Waals surface area (Å²) in [5, 5.41) is 6.56. The number of piperidine rings is 1. The predicted molar refractivity (Wildman–Crippen MR) is 81.0 cm³/mol. The lowest BCUT2D eigenvalue weighted by molar-refractivity contribution is -0.122. The smallest absolute Gasteiger partial charge is 0.224 e. The molecule has 0 radical (unpaired) electrons. The summed E-state index contributed by atoms with van der Waals surface area (Å²) in [5.41, 5.74) is 1.17. The second kappa shape index (κ2) is 6.06. The van der Waals surface area contributed by atoms with Crippen molar-refractivity contribution >= 4 is 21.8 Å². The van der Waals surface area contributed by atoms with Gasteiger partial charge in [-0.15, -0.1) is 0 Å². The number of halogens is 1. The van der Waals surface area contributed by atoms with Gasteiger partial charge >= 0.3 is 0 Å². The molecule has 1 amide bonds. The number of nitrogens with one attached hydrogen (secondary N) is 2. The van der Waals surface area contributed by atoms with E-state index in [-0.39, 0.29) is 17.4 Å². The Labute approximate surface area is 123 Å². The van der Waals surface area contributed by atoms with E-state index in [2.05, 4.69) is 40.4 Å². The van der Waals surface area contributed by atoms with E-state index in [1.54, 1.807) is 0 Å². The van der Waals surface area contributed by atoms with Crippen LogP contribution in [0.5, 0.6) is 0 Å². The van der Waals surface area contributed by atoms with Crippen molar-refractivity contribution in [2.75, 3.05) is 13.1 Å². The first-order valence-electron chi connectivity index (χ1n) is 6.72. The van der Waals surface area contributed by atoms with Crippen LogP contribution in [0.1, 0.15) is 25.8 Å². The van der Waals surface area contributed by atoms with E-state index >= 15 is 0 Å². The van der Waals surface area contributed by atoms with Gasteiger partial charge in [0.15, 0.2) is 0 Å². The highest BCUT2D eigenvalue weighted by molar-refractivity contribution is 9.10. The topological polar surface area (TPSA) is 41.1 Å². The molecule has 0 aromatic heterocycles. The van der Waals surface area contributed by atoms with Crippen LogP contribution in [-0.4, -0.2) is 25.0 Å². The number of carbonyl (C=O) groups excluding carboxylic acids is 1. The van der Waals surface area contributed by atoms with Crippen LogP contribution in [0.25, 0.3) is 0 Å². The fraction of sp³-hybridized carbons (Fsp3) is 0.533. The van der Waals surface area contributed by atoms with E-state index in [0.29, 0.717) is 6.42 Å². The molecule has 0 saturated carbocycles. The summed E-state index contributed by atoms with van der Waals surface area (Å²) in [6.07, 6.45) is 1.45. The molecule has 1 atom stereocenters. The second-order valence-electron chi connectivity index (χ2n) is 5.88. The van der Waals surface area contributed by atoms with E-state index in [4.69, 9.17) is 0 Å². The molecule has 104 valence electrons. The van der Waals surface area contributed by atoms with Gasteiger partial charge in [-0.25, -0.2) is 0 Å². The van der Waals surface area contributed by atoms with Crippen LogP contribution in [0.3, 0.4) is 0 Å². The van der Waals surface area contributed by atoms with Gasteiger partial charge in [0.05, 0.1) is 6.42 Å². The molecule has 1 aliphatic heterocycles. The van der Waals surface area contributed by atoms with Gasteiger partial charge in [0.25, 0.3) is 0 Å². The highest BCUT2D eigenvalue weighted by Crippen LogP contribution is 2.25. The largest absolute Gasteiger partial charge is 0.352 e. The minimum Gasteiger partial charge on any atom is -0.352 e. The monoisotopic (exact) mass is 324 g/mol. The summed E-state index contributed by atoms with van der Waals surface area (Å²) in [5.74, 6) is 0.113. The SMILES string of the molecule is CC1(C)CNCCC1NC(=O)Cc1ccc(Br)cc1. The van der Waals surface area contributed by atoms with Crippen molar-refractivity contribution in [3.05, 3.63) is 34.3 Å². The molecule has 1 aromatic carbocycles. The van der Waals surface area contributed by atoms with Crippen molar-refractivity contribution < 1.29 is 4.79 Å². The molecule has 1 fully saturated rings. The van der Waals surface area contributed by atoms with Crippen molar-refractivity contribution in [1.82, 2.24) is 10.6 Å². The summed E-state index contributed by atoms with van der Waals surface area (Å²) in [6, 6.07) is 8.17. The number of rotatable bonds is 3. The molecular formula is C15H21BrN2O. The van der Waals surface area contributed by atoms with Gasteiger partial charge < -0.3 is 10.6 Å². The molecule has 0 spiro atoms. The second-order valence-corrected chi connectivity index (χ2v) is 6.79. The standard InChI is InChI=1S/C15H21BrN2O/c1-15(2)10-17-8-7-13(15)18-14(19)9-11-3-5-12(16)6-4-11/h3-6,13,17H,7-10H2,1-2H3,(H,18,19). The Morgan fingerprint density at radius 2 is 2.11 bits per heavy atom. The average Bonchev–Trinajstić information content (AvgIpc) is 2.35. The molecule has 3 nitrogen and oxygen atoms in total. The minimum absolute atomic E-state index is 0.113. The highest BCUT2D eigenvalue weighted by Gasteiger charge is 2.32. The van der Waals surface area contributed by atoms with Gasteiger partial charge in [-0.05, 0) is 36.1 Å². The van der Waals surface area contributed by atoms with Gasteiger partial charge in [-0.3, -0.25) is 4.79 Å². The van der Waals surface area contributed by atoms with Crippen molar-refractivity contribution in [3.63, 3.8) is 0 Å². The highest BCUT2D eigenvalue weighted by atomic mass is 79.9. The molecule has 0 bridgehead atoms. The van der Waals surface area contributed by atoms with Crippen molar-refractivity contribution in [2.45, 2.75) is 32.7 Å².